The van der Waals surface area contributed by atoms with Crippen molar-refractivity contribution >= 4 is 11.8 Å². The van der Waals surface area contributed by atoms with Crippen LogP contribution in [0, 0.1) is 6.92 Å². The Kier molecular flexibility index (Phi) is 5.63. The molecular weight excluding hydrogens is 330 g/mol. The fourth-order valence-corrected chi connectivity index (χ4v) is 3.79. The lowest BCUT2D eigenvalue weighted by Gasteiger charge is -2.39. The molecule has 3 rings (SSSR count). The molecule has 142 valence electrons. The van der Waals surface area contributed by atoms with Crippen molar-refractivity contribution < 1.29 is 14.7 Å². The van der Waals surface area contributed by atoms with Crippen LogP contribution in [-0.2, 0) is 16.1 Å². The minimum Gasteiger partial charge on any atom is -0.388 e. The molecule has 0 bridgehead atoms. The summed E-state index contributed by atoms with van der Waals surface area (Å²) in [7, 11) is 0. The van der Waals surface area contributed by atoms with Gasteiger partial charge in [0.15, 0.2) is 0 Å². The van der Waals surface area contributed by atoms with E-state index in [2.05, 4.69) is 31.2 Å². The predicted molar refractivity (Wildman–Crippen MR) is 99.2 cm³/mol. The van der Waals surface area contributed by atoms with E-state index < -0.39 is 11.5 Å². The van der Waals surface area contributed by atoms with Crippen LogP contribution in [0.15, 0.2) is 24.3 Å². The molecule has 1 aromatic rings. The van der Waals surface area contributed by atoms with Crippen molar-refractivity contribution in [3.63, 3.8) is 0 Å². The van der Waals surface area contributed by atoms with Crippen molar-refractivity contribution in [3.05, 3.63) is 35.4 Å². The van der Waals surface area contributed by atoms with Gasteiger partial charge < -0.3 is 15.7 Å². The summed E-state index contributed by atoms with van der Waals surface area (Å²) in [5.74, 6) is -0.406. The molecule has 2 amide bonds. The van der Waals surface area contributed by atoms with Gasteiger partial charge in [-0.3, -0.25) is 14.5 Å². The van der Waals surface area contributed by atoms with Crippen molar-refractivity contribution in [2.24, 2.45) is 5.73 Å². The van der Waals surface area contributed by atoms with E-state index in [-0.39, 0.29) is 18.9 Å². The van der Waals surface area contributed by atoms with E-state index >= 15 is 0 Å². The molecule has 6 heteroatoms. The molecule has 1 heterocycles. The molecule has 3 N–H and O–H groups in total. The molecular formula is C20H29N3O3. The van der Waals surface area contributed by atoms with Crippen LogP contribution < -0.4 is 5.73 Å². The number of nitrogens with two attached hydrogens (primary N) is 1. The minimum absolute atomic E-state index is 0.0482. The molecule has 1 aliphatic carbocycles. The summed E-state index contributed by atoms with van der Waals surface area (Å²) >= 11 is 0. The van der Waals surface area contributed by atoms with E-state index in [0.717, 1.165) is 31.4 Å². The number of benzene rings is 1. The second-order valence-corrected chi connectivity index (χ2v) is 7.92. The van der Waals surface area contributed by atoms with Gasteiger partial charge in [-0.05, 0) is 44.7 Å². The zero-order chi connectivity index (χ0) is 18.7. The zero-order valence-electron chi connectivity index (χ0n) is 15.5. The molecule has 1 saturated heterocycles. The first-order valence-electron chi connectivity index (χ1n) is 9.43. The molecule has 1 aliphatic heterocycles. The van der Waals surface area contributed by atoms with Crippen molar-refractivity contribution in [1.29, 1.82) is 0 Å². The number of primary amides is 1. The second kappa shape index (κ2) is 7.76. The third-order valence-electron chi connectivity index (χ3n) is 5.28. The molecule has 0 radical (unpaired) electrons. The summed E-state index contributed by atoms with van der Waals surface area (Å²) in [6.07, 6.45) is 3.38. The summed E-state index contributed by atoms with van der Waals surface area (Å²) < 4.78 is 0. The largest absolute Gasteiger partial charge is 0.388 e. The normalized spacial score (nSPS) is 23.6. The van der Waals surface area contributed by atoms with Crippen LogP contribution in [0.25, 0.3) is 0 Å². The monoisotopic (exact) mass is 359 g/mol. The lowest BCUT2D eigenvalue weighted by Crippen LogP contribution is -2.52. The van der Waals surface area contributed by atoms with Gasteiger partial charge >= 0.3 is 0 Å². The van der Waals surface area contributed by atoms with E-state index in [1.165, 1.54) is 5.56 Å². The highest BCUT2D eigenvalue weighted by molar-refractivity contribution is 5.79. The lowest BCUT2D eigenvalue weighted by molar-refractivity contribution is -0.136. The van der Waals surface area contributed by atoms with Crippen LogP contribution in [0.1, 0.15) is 43.2 Å². The quantitative estimate of drug-likeness (QED) is 0.766. The topological polar surface area (TPSA) is 86.9 Å². The molecule has 2 fully saturated rings. The first kappa shape index (κ1) is 18.9. The molecule has 26 heavy (non-hydrogen) atoms. The summed E-state index contributed by atoms with van der Waals surface area (Å²) in [5, 5.41) is 10.6. The van der Waals surface area contributed by atoms with Gasteiger partial charge in [-0.15, -0.1) is 0 Å². The summed E-state index contributed by atoms with van der Waals surface area (Å²) in [6.45, 7) is 4.05. The maximum absolute atomic E-state index is 12.9. The number of hydrogen-bond donors (Lipinski definition) is 2. The van der Waals surface area contributed by atoms with E-state index in [4.69, 9.17) is 5.73 Å². The number of β-amino-alcohol motifs (C(OH)–C–C–N with tert-alkyl or cyclic N) is 1. The Morgan fingerprint density at radius 1 is 1.31 bits per heavy atom. The highest BCUT2D eigenvalue weighted by Crippen LogP contribution is 2.29. The SMILES string of the molecule is Cc1ccc(CN(C(=O)CN2CCCC(O)(CC(N)=O)C2)C2CC2)cc1. The van der Waals surface area contributed by atoms with Crippen LogP contribution in [0.3, 0.4) is 0 Å². The highest BCUT2D eigenvalue weighted by Gasteiger charge is 2.37. The van der Waals surface area contributed by atoms with Crippen molar-refractivity contribution in [1.82, 2.24) is 9.80 Å². The van der Waals surface area contributed by atoms with Crippen LogP contribution in [0.4, 0.5) is 0 Å². The number of aryl methyl sites for hydroxylation is 1. The first-order chi connectivity index (χ1) is 12.3. The van der Waals surface area contributed by atoms with E-state index in [1.807, 2.05) is 9.80 Å². The van der Waals surface area contributed by atoms with E-state index in [1.54, 1.807) is 0 Å². The molecule has 6 nitrogen and oxygen atoms in total. The fourth-order valence-electron chi connectivity index (χ4n) is 3.79. The molecule has 2 aliphatic rings. The highest BCUT2D eigenvalue weighted by atomic mass is 16.3. The van der Waals surface area contributed by atoms with Gasteiger partial charge in [0.25, 0.3) is 0 Å². The van der Waals surface area contributed by atoms with Crippen molar-refractivity contribution in [3.8, 4) is 0 Å². The molecule has 0 spiro atoms. The number of likely N-dealkylation sites (tertiary alicyclic amines) is 1. The Morgan fingerprint density at radius 3 is 2.62 bits per heavy atom. The number of hydrogen-bond acceptors (Lipinski definition) is 4. The van der Waals surface area contributed by atoms with Gasteiger partial charge in [0.05, 0.1) is 18.6 Å². The summed E-state index contributed by atoms with van der Waals surface area (Å²) in [6, 6.07) is 8.62. The summed E-state index contributed by atoms with van der Waals surface area (Å²) in [5.41, 5.74) is 6.50. The number of amides is 2. The van der Waals surface area contributed by atoms with Gasteiger partial charge in [0.1, 0.15) is 0 Å². The Bertz CT molecular complexity index is 657. The molecule has 0 aromatic heterocycles. The smallest absolute Gasteiger partial charge is 0.237 e. The standard InChI is InChI=1S/C20H29N3O3/c1-15-3-5-16(6-4-15)12-23(17-7-8-17)19(25)13-22-10-2-9-20(26,14-22)11-18(21)24/h3-6,17,26H,2,7-14H2,1H3,(H2,21,24). The third-order valence-corrected chi connectivity index (χ3v) is 5.28. The summed E-state index contributed by atoms with van der Waals surface area (Å²) in [4.78, 5) is 28.0. The van der Waals surface area contributed by atoms with Crippen LogP contribution in [0.5, 0.6) is 0 Å². The number of rotatable bonds is 7. The maximum Gasteiger partial charge on any atom is 0.237 e. The zero-order valence-corrected chi connectivity index (χ0v) is 15.5. The molecule has 1 aromatic carbocycles. The number of piperidine rings is 1. The Labute approximate surface area is 155 Å². The number of nitrogens with zero attached hydrogens (tertiary/aromatic N) is 2. The molecule has 1 atom stereocenters. The van der Waals surface area contributed by atoms with Gasteiger partial charge in [0.2, 0.25) is 11.8 Å². The molecule has 1 unspecified atom stereocenters. The third kappa shape index (κ3) is 5.05. The Balaban J connectivity index is 1.61. The molecule has 1 saturated carbocycles. The number of carbonyl (C=O) groups is 2. The Morgan fingerprint density at radius 2 is 2.00 bits per heavy atom. The van der Waals surface area contributed by atoms with Crippen molar-refractivity contribution in [2.75, 3.05) is 19.6 Å². The van der Waals surface area contributed by atoms with E-state index in [0.29, 0.717) is 25.6 Å². The van der Waals surface area contributed by atoms with Gasteiger partial charge in [0, 0.05) is 19.1 Å². The predicted octanol–water partition coefficient (Wildman–Crippen LogP) is 1.19. The fraction of sp³-hybridized carbons (Fsp3) is 0.600. The average Bonchev–Trinajstić information content (AvgIpc) is 3.37. The second-order valence-electron chi connectivity index (χ2n) is 7.92. The first-order valence-corrected chi connectivity index (χ1v) is 9.43. The number of carbonyl (C=O) groups excluding carboxylic acids is 2. The average molecular weight is 359 g/mol. The minimum atomic E-state index is -1.11. The van der Waals surface area contributed by atoms with E-state index in [9.17, 15) is 14.7 Å². The van der Waals surface area contributed by atoms with Crippen molar-refractivity contribution in [2.45, 2.75) is 57.2 Å². The van der Waals surface area contributed by atoms with Gasteiger partial charge in [-0.1, -0.05) is 29.8 Å². The number of aliphatic hydroxyl groups is 1. The van der Waals surface area contributed by atoms with Gasteiger partial charge in [-0.25, -0.2) is 0 Å². The van der Waals surface area contributed by atoms with Crippen LogP contribution in [0.2, 0.25) is 0 Å². The van der Waals surface area contributed by atoms with Crippen LogP contribution >= 0.6 is 0 Å². The van der Waals surface area contributed by atoms with Crippen LogP contribution in [-0.4, -0.2) is 58.0 Å². The lowest BCUT2D eigenvalue weighted by atomic mass is 9.89. The maximum atomic E-state index is 12.9. The Hall–Kier alpha value is -1.92. The van der Waals surface area contributed by atoms with Gasteiger partial charge in [-0.2, -0.15) is 0 Å².